The van der Waals surface area contributed by atoms with Crippen LogP contribution in [-0.2, 0) is 11.2 Å². The van der Waals surface area contributed by atoms with Crippen molar-refractivity contribution in [1.82, 2.24) is 0 Å². The van der Waals surface area contributed by atoms with Crippen LogP contribution >= 0.6 is 11.6 Å². The van der Waals surface area contributed by atoms with Gasteiger partial charge in [0.15, 0.2) is 6.17 Å². The van der Waals surface area contributed by atoms with Gasteiger partial charge in [-0.1, -0.05) is 17.7 Å². The van der Waals surface area contributed by atoms with Gasteiger partial charge in [0.05, 0.1) is 13.2 Å². The maximum absolute atomic E-state index is 13.9. The third-order valence-electron chi connectivity index (χ3n) is 3.34. The van der Waals surface area contributed by atoms with E-state index < -0.39 is 11.8 Å². The number of hydrogen-bond acceptors (Lipinski definition) is 2. The quantitative estimate of drug-likeness (QED) is 0.697. The van der Waals surface area contributed by atoms with Crippen LogP contribution in [-0.4, -0.2) is 25.0 Å². The Balaban J connectivity index is 1.93. The second kappa shape index (κ2) is 3.60. The minimum absolute atomic E-state index is 0.127. The van der Waals surface area contributed by atoms with Gasteiger partial charge in [-0.05, 0) is 17.7 Å². The Labute approximate surface area is 98.3 Å². The lowest BCUT2D eigenvalue weighted by Crippen LogP contribution is -2.50. The molecule has 16 heavy (non-hydrogen) atoms. The molecule has 2 heterocycles. The van der Waals surface area contributed by atoms with E-state index in [2.05, 4.69) is 0 Å². The Morgan fingerprint density at radius 3 is 3.12 bits per heavy atom. The van der Waals surface area contributed by atoms with Gasteiger partial charge in [0, 0.05) is 17.9 Å². The van der Waals surface area contributed by atoms with E-state index in [0.29, 0.717) is 24.5 Å². The van der Waals surface area contributed by atoms with Crippen molar-refractivity contribution in [2.45, 2.75) is 24.6 Å². The molecule has 1 aromatic carbocycles. The zero-order valence-electron chi connectivity index (χ0n) is 8.71. The molecule has 4 heteroatoms. The second-order valence-corrected chi connectivity index (χ2v) is 4.82. The zero-order valence-corrected chi connectivity index (χ0v) is 9.47. The van der Waals surface area contributed by atoms with Crippen LogP contribution in [0, 0.1) is 0 Å². The fraction of sp³-hybridized carbons (Fsp3) is 0.500. The van der Waals surface area contributed by atoms with Crippen LogP contribution in [0.3, 0.4) is 0 Å². The van der Waals surface area contributed by atoms with Gasteiger partial charge in [-0.2, -0.15) is 0 Å². The Hall–Kier alpha value is -0.800. The molecule has 0 saturated carbocycles. The number of benzene rings is 1. The molecule has 1 saturated heterocycles. The lowest BCUT2D eigenvalue weighted by molar-refractivity contribution is -0.0954. The van der Waals surface area contributed by atoms with E-state index >= 15 is 0 Å². The van der Waals surface area contributed by atoms with Crippen molar-refractivity contribution in [1.29, 1.82) is 0 Å². The predicted molar refractivity (Wildman–Crippen MR) is 58.8 cm³/mol. The fourth-order valence-corrected chi connectivity index (χ4v) is 2.56. The highest BCUT2D eigenvalue weighted by atomic mass is 35.5. The van der Waals surface area contributed by atoms with E-state index in [1.165, 1.54) is 0 Å². The molecular formula is C12H12ClFO2. The van der Waals surface area contributed by atoms with E-state index in [4.69, 9.17) is 21.1 Å². The van der Waals surface area contributed by atoms with Crippen molar-refractivity contribution < 1.29 is 13.9 Å². The van der Waals surface area contributed by atoms with Crippen molar-refractivity contribution >= 4 is 11.6 Å². The van der Waals surface area contributed by atoms with Gasteiger partial charge in [0.25, 0.3) is 0 Å². The molecule has 3 rings (SSSR count). The molecule has 0 aliphatic carbocycles. The molecular weight excluding hydrogens is 231 g/mol. The van der Waals surface area contributed by atoms with Gasteiger partial charge in [0.1, 0.15) is 11.4 Å². The molecule has 1 aromatic rings. The van der Waals surface area contributed by atoms with Gasteiger partial charge in [-0.3, -0.25) is 0 Å². The molecule has 0 radical (unpaired) electrons. The van der Waals surface area contributed by atoms with Crippen molar-refractivity contribution in [2.24, 2.45) is 0 Å². The molecule has 2 atom stereocenters. The summed E-state index contributed by atoms with van der Waals surface area (Å²) in [6.45, 7) is 0.684. The summed E-state index contributed by atoms with van der Waals surface area (Å²) in [6, 6.07) is 5.48. The first-order valence-corrected chi connectivity index (χ1v) is 5.77. The summed E-state index contributed by atoms with van der Waals surface area (Å²) in [5, 5.41) is 0.623. The highest BCUT2D eigenvalue weighted by Gasteiger charge is 2.48. The predicted octanol–water partition coefficient (Wildman–Crippen LogP) is 2.77. The van der Waals surface area contributed by atoms with Gasteiger partial charge < -0.3 is 9.47 Å². The number of alkyl halides is 1. The highest BCUT2D eigenvalue weighted by molar-refractivity contribution is 6.30. The number of hydrogen-bond donors (Lipinski definition) is 0. The summed E-state index contributed by atoms with van der Waals surface area (Å²) in [7, 11) is 0. The zero-order chi connectivity index (χ0) is 11.2. The lowest BCUT2D eigenvalue weighted by atomic mass is 9.88. The average molecular weight is 243 g/mol. The largest absolute Gasteiger partial charge is 0.483 e. The van der Waals surface area contributed by atoms with Crippen LogP contribution < -0.4 is 4.74 Å². The van der Waals surface area contributed by atoms with Crippen LogP contribution in [0.25, 0.3) is 0 Å². The summed E-state index contributed by atoms with van der Waals surface area (Å²) < 4.78 is 24.8. The Morgan fingerprint density at radius 1 is 1.44 bits per heavy atom. The van der Waals surface area contributed by atoms with Crippen molar-refractivity contribution in [3.8, 4) is 5.75 Å². The smallest absolute Gasteiger partial charge is 0.163 e. The number of rotatable bonds is 0. The molecule has 2 nitrogen and oxygen atoms in total. The van der Waals surface area contributed by atoms with Crippen LogP contribution in [0.2, 0.25) is 5.02 Å². The molecule has 0 bridgehead atoms. The molecule has 0 amide bonds. The minimum atomic E-state index is -1.06. The van der Waals surface area contributed by atoms with E-state index in [9.17, 15) is 4.39 Å². The second-order valence-electron chi connectivity index (χ2n) is 4.39. The molecule has 1 spiro atoms. The SMILES string of the molecule is FC1COCCC12Cc1ccc(Cl)cc1O2. The lowest BCUT2D eigenvalue weighted by Gasteiger charge is -2.35. The van der Waals surface area contributed by atoms with E-state index in [0.717, 1.165) is 11.3 Å². The maximum Gasteiger partial charge on any atom is 0.163 e. The summed E-state index contributed by atoms with van der Waals surface area (Å²) in [4.78, 5) is 0. The van der Waals surface area contributed by atoms with Gasteiger partial charge in [-0.25, -0.2) is 4.39 Å². The number of fused-ring (bicyclic) bond motifs is 1. The third-order valence-corrected chi connectivity index (χ3v) is 3.57. The van der Waals surface area contributed by atoms with Crippen LogP contribution in [0.4, 0.5) is 4.39 Å². The van der Waals surface area contributed by atoms with Gasteiger partial charge in [0.2, 0.25) is 0 Å². The van der Waals surface area contributed by atoms with E-state index in [1.54, 1.807) is 6.07 Å². The van der Waals surface area contributed by atoms with Crippen molar-refractivity contribution in [3.05, 3.63) is 28.8 Å². The van der Waals surface area contributed by atoms with Gasteiger partial charge in [-0.15, -0.1) is 0 Å². The van der Waals surface area contributed by atoms with E-state index in [-0.39, 0.29) is 6.61 Å². The summed E-state index contributed by atoms with van der Waals surface area (Å²) in [6.07, 6.45) is 0.150. The molecule has 0 N–H and O–H groups in total. The monoisotopic (exact) mass is 242 g/mol. The Morgan fingerprint density at radius 2 is 2.31 bits per heavy atom. The number of halogens is 2. The van der Waals surface area contributed by atoms with Gasteiger partial charge >= 0.3 is 0 Å². The first-order chi connectivity index (χ1) is 7.70. The summed E-state index contributed by atoms with van der Waals surface area (Å²) >= 11 is 5.89. The Kier molecular flexibility index (Phi) is 2.33. The maximum atomic E-state index is 13.9. The first kappa shape index (κ1) is 10.4. The fourth-order valence-electron chi connectivity index (χ4n) is 2.40. The molecule has 1 fully saturated rings. The standard InChI is InChI=1S/C12H12ClFO2/c13-9-2-1-8-6-12(16-10(8)5-9)3-4-15-7-11(12)14/h1-2,5,11H,3-4,6-7H2. The van der Waals surface area contributed by atoms with Crippen molar-refractivity contribution in [2.75, 3.05) is 13.2 Å². The Bertz CT molecular complexity index is 423. The van der Waals surface area contributed by atoms with Crippen molar-refractivity contribution in [3.63, 3.8) is 0 Å². The minimum Gasteiger partial charge on any atom is -0.483 e. The normalized spacial score (nSPS) is 32.5. The molecule has 86 valence electrons. The highest BCUT2D eigenvalue weighted by Crippen LogP contribution is 2.42. The summed E-state index contributed by atoms with van der Waals surface area (Å²) in [5.41, 5.74) is 0.319. The van der Waals surface area contributed by atoms with E-state index in [1.807, 2.05) is 12.1 Å². The molecule has 2 aliphatic heterocycles. The molecule has 0 aromatic heterocycles. The first-order valence-electron chi connectivity index (χ1n) is 5.39. The molecule has 2 unspecified atom stereocenters. The van der Waals surface area contributed by atoms with Crippen LogP contribution in [0.5, 0.6) is 5.75 Å². The summed E-state index contributed by atoms with van der Waals surface area (Å²) in [5.74, 6) is 0.719. The third kappa shape index (κ3) is 1.50. The average Bonchev–Trinajstić information content (AvgIpc) is 2.61. The van der Waals surface area contributed by atoms with Crippen LogP contribution in [0.1, 0.15) is 12.0 Å². The number of ether oxygens (including phenoxy) is 2. The van der Waals surface area contributed by atoms with Crippen LogP contribution in [0.15, 0.2) is 18.2 Å². The topological polar surface area (TPSA) is 18.5 Å². The molecule has 2 aliphatic rings.